The van der Waals surface area contributed by atoms with Crippen LogP contribution in [0.2, 0.25) is 0 Å². The van der Waals surface area contributed by atoms with Gasteiger partial charge in [-0.3, -0.25) is 4.57 Å². The molecule has 0 aromatic heterocycles. The van der Waals surface area contributed by atoms with E-state index in [9.17, 15) is 9.36 Å². The first-order chi connectivity index (χ1) is 7.25. The largest absolute Gasteiger partial charge is 0.509 e. The van der Waals surface area contributed by atoms with Crippen LogP contribution in [0.3, 0.4) is 0 Å². The van der Waals surface area contributed by atoms with E-state index in [0.29, 0.717) is 5.75 Å². The van der Waals surface area contributed by atoms with Crippen LogP contribution in [0.25, 0.3) is 0 Å². The van der Waals surface area contributed by atoms with Crippen molar-refractivity contribution in [3.63, 3.8) is 0 Å². The highest BCUT2D eigenvalue weighted by Crippen LogP contribution is 2.35. The Labute approximate surface area is 86.8 Å². The van der Waals surface area contributed by atoms with E-state index in [4.69, 9.17) is 4.52 Å². The molecule has 1 aromatic rings. The van der Waals surface area contributed by atoms with E-state index in [1.54, 1.807) is 24.3 Å². The highest BCUT2D eigenvalue weighted by atomic mass is 31.1. The number of hydrogen-bond acceptors (Lipinski definition) is 5. The highest BCUT2D eigenvalue weighted by molar-refractivity contribution is 7.40. The van der Waals surface area contributed by atoms with Gasteiger partial charge in [0.15, 0.2) is 0 Å². The molecule has 6 heteroatoms. The van der Waals surface area contributed by atoms with Gasteiger partial charge in [-0.05, 0) is 12.1 Å². The van der Waals surface area contributed by atoms with Crippen LogP contribution in [-0.4, -0.2) is 18.6 Å². The smallest absolute Gasteiger partial charge is 0.442 e. The molecule has 1 fully saturated rings. The molecule has 0 N–H and O–H groups in total. The van der Waals surface area contributed by atoms with Crippen molar-refractivity contribution < 1.29 is 23.4 Å². The van der Waals surface area contributed by atoms with Crippen molar-refractivity contribution in [2.45, 2.75) is 5.85 Å². The lowest BCUT2D eigenvalue weighted by Gasteiger charge is -2.08. The van der Waals surface area contributed by atoms with Crippen molar-refractivity contribution in [2.24, 2.45) is 0 Å². The molecule has 2 unspecified atom stereocenters. The fraction of sp³-hybridized carbons (Fsp3) is 0.222. The van der Waals surface area contributed by atoms with Gasteiger partial charge in [0.2, 0.25) is 5.85 Å². The van der Waals surface area contributed by atoms with Crippen molar-refractivity contribution in [2.75, 3.05) is 6.61 Å². The van der Waals surface area contributed by atoms with E-state index in [1.165, 1.54) is 0 Å². The highest BCUT2D eigenvalue weighted by Gasteiger charge is 2.31. The molecule has 1 saturated heterocycles. The zero-order valence-electron chi connectivity index (χ0n) is 7.71. The van der Waals surface area contributed by atoms with Crippen LogP contribution in [0.4, 0.5) is 4.79 Å². The van der Waals surface area contributed by atoms with Gasteiger partial charge in [0, 0.05) is 0 Å². The number of para-hydroxylation sites is 1. The molecule has 0 bridgehead atoms. The molecular weight excluding hydrogens is 219 g/mol. The van der Waals surface area contributed by atoms with Crippen LogP contribution in [0.5, 0.6) is 5.75 Å². The molecule has 0 amide bonds. The minimum atomic E-state index is -2.47. The SMILES string of the molecule is O=C1OCC([PH](=O)Oc2ccccc2)O1. The first-order valence-electron chi connectivity index (χ1n) is 4.36. The summed E-state index contributed by atoms with van der Waals surface area (Å²) in [6.07, 6.45) is -0.796. The molecule has 0 spiro atoms. The average molecular weight is 228 g/mol. The molecule has 1 aliphatic rings. The standard InChI is InChI=1S/C9H9O5P/c10-9-12-6-8(13-9)15(11)14-7-4-2-1-3-5-7/h1-5,8,15H,6H2. The molecule has 0 aliphatic carbocycles. The third-order valence-corrected chi connectivity index (χ3v) is 3.06. The molecule has 15 heavy (non-hydrogen) atoms. The zero-order valence-corrected chi connectivity index (χ0v) is 8.71. The summed E-state index contributed by atoms with van der Waals surface area (Å²) in [5, 5.41) is 0. The van der Waals surface area contributed by atoms with Gasteiger partial charge in [-0.15, -0.1) is 0 Å². The fourth-order valence-corrected chi connectivity index (χ4v) is 2.03. The number of ether oxygens (including phenoxy) is 2. The summed E-state index contributed by atoms with van der Waals surface area (Å²) in [4.78, 5) is 10.6. The average Bonchev–Trinajstić information content (AvgIpc) is 2.66. The Morgan fingerprint density at radius 1 is 1.33 bits per heavy atom. The Morgan fingerprint density at radius 3 is 2.67 bits per heavy atom. The summed E-state index contributed by atoms with van der Waals surface area (Å²) < 4.78 is 25.9. The van der Waals surface area contributed by atoms with Crippen LogP contribution < -0.4 is 4.52 Å². The fourth-order valence-electron chi connectivity index (χ4n) is 1.11. The summed E-state index contributed by atoms with van der Waals surface area (Å²) in [6.45, 7) is -0.0105. The number of carbonyl (C=O) groups excluding carboxylic acids is 1. The van der Waals surface area contributed by atoms with Crippen LogP contribution in [0, 0.1) is 0 Å². The Morgan fingerprint density at radius 2 is 2.07 bits per heavy atom. The molecule has 80 valence electrons. The molecule has 1 heterocycles. The van der Waals surface area contributed by atoms with Crippen molar-refractivity contribution in [1.82, 2.24) is 0 Å². The maximum absolute atomic E-state index is 11.6. The second-order valence-corrected chi connectivity index (χ2v) is 4.39. The van der Waals surface area contributed by atoms with E-state index in [1.807, 2.05) is 6.07 Å². The summed E-state index contributed by atoms with van der Waals surface area (Å²) >= 11 is 0. The van der Waals surface area contributed by atoms with Gasteiger partial charge in [-0.25, -0.2) is 4.79 Å². The minimum absolute atomic E-state index is 0.0105. The Hall–Kier alpha value is -1.48. The molecule has 1 aliphatic heterocycles. The van der Waals surface area contributed by atoms with Gasteiger partial charge in [0.05, 0.1) is 0 Å². The monoisotopic (exact) mass is 228 g/mol. The molecule has 2 atom stereocenters. The van der Waals surface area contributed by atoms with Crippen molar-refractivity contribution >= 4 is 14.2 Å². The molecule has 0 saturated carbocycles. The van der Waals surface area contributed by atoms with Gasteiger partial charge < -0.3 is 14.0 Å². The Balaban J connectivity index is 1.96. The van der Waals surface area contributed by atoms with Crippen molar-refractivity contribution in [1.29, 1.82) is 0 Å². The quantitative estimate of drug-likeness (QED) is 0.585. The van der Waals surface area contributed by atoms with E-state index >= 15 is 0 Å². The number of rotatable bonds is 3. The maximum atomic E-state index is 11.6. The number of hydrogen-bond donors (Lipinski definition) is 0. The predicted octanol–water partition coefficient (Wildman–Crippen LogP) is 2.03. The number of carbonyl (C=O) groups is 1. The maximum Gasteiger partial charge on any atom is 0.509 e. The van der Waals surface area contributed by atoms with Gasteiger partial charge >= 0.3 is 6.16 Å². The third-order valence-electron chi connectivity index (χ3n) is 1.82. The second kappa shape index (κ2) is 4.36. The molecule has 5 nitrogen and oxygen atoms in total. The third kappa shape index (κ3) is 2.50. The lowest BCUT2D eigenvalue weighted by atomic mass is 10.3. The topological polar surface area (TPSA) is 61.8 Å². The van der Waals surface area contributed by atoms with Crippen LogP contribution >= 0.6 is 8.03 Å². The van der Waals surface area contributed by atoms with E-state index < -0.39 is 20.0 Å². The predicted molar refractivity (Wildman–Crippen MR) is 52.3 cm³/mol. The van der Waals surface area contributed by atoms with Crippen LogP contribution in [-0.2, 0) is 14.0 Å². The molecule has 2 rings (SSSR count). The lowest BCUT2D eigenvalue weighted by molar-refractivity contribution is 0.127. The second-order valence-electron chi connectivity index (χ2n) is 2.90. The molecule has 1 aromatic carbocycles. The minimum Gasteiger partial charge on any atom is -0.442 e. The van der Waals surface area contributed by atoms with E-state index in [-0.39, 0.29) is 6.61 Å². The van der Waals surface area contributed by atoms with Gasteiger partial charge in [0.25, 0.3) is 8.03 Å². The van der Waals surface area contributed by atoms with E-state index in [2.05, 4.69) is 9.47 Å². The van der Waals surface area contributed by atoms with Crippen molar-refractivity contribution in [3.05, 3.63) is 30.3 Å². The Bertz CT molecular complexity index is 377. The summed E-state index contributed by atoms with van der Waals surface area (Å²) in [6, 6.07) is 8.71. The number of benzene rings is 1. The van der Waals surface area contributed by atoms with Crippen molar-refractivity contribution in [3.8, 4) is 5.75 Å². The lowest BCUT2D eigenvalue weighted by Crippen LogP contribution is -2.06. The summed E-state index contributed by atoms with van der Waals surface area (Å²) in [5.41, 5.74) is 0. The van der Waals surface area contributed by atoms with Gasteiger partial charge in [0.1, 0.15) is 12.4 Å². The van der Waals surface area contributed by atoms with E-state index in [0.717, 1.165) is 0 Å². The van der Waals surface area contributed by atoms with Crippen LogP contribution in [0.15, 0.2) is 30.3 Å². The first-order valence-corrected chi connectivity index (χ1v) is 5.75. The molecule has 0 radical (unpaired) electrons. The van der Waals surface area contributed by atoms with Crippen LogP contribution in [0.1, 0.15) is 0 Å². The zero-order chi connectivity index (χ0) is 10.7. The normalized spacial score (nSPS) is 21.6. The van der Waals surface area contributed by atoms with Gasteiger partial charge in [-0.2, -0.15) is 0 Å². The van der Waals surface area contributed by atoms with Gasteiger partial charge in [-0.1, -0.05) is 18.2 Å². The Kier molecular flexibility index (Phi) is 2.92. The summed E-state index contributed by atoms with van der Waals surface area (Å²) in [5.74, 6) is -0.285. The first kappa shape index (κ1) is 10.1. The molecular formula is C9H9O5P. The number of cyclic esters (lactones) is 2. The summed E-state index contributed by atoms with van der Waals surface area (Å²) in [7, 11) is -2.47.